The Kier molecular flexibility index (Phi) is 16.7. The molecule has 16 atom stereocenters. The molecule has 2 heterocycles. The zero-order valence-electron chi connectivity index (χ0n) is 43.3. The summed E-state index contributed by atoms with van der Waals surface area (Å²) in [5.74, 6) is -6.69. The third kappa shape index (κ3) is 11.0. The molecule has 7 N–H and O–H groups in total. The number of Topliss-reactive ketones (excluding diaryl/α,β-unsaturated/α-hetero) is 1. The molecule has 22 heteroatoms. The van der Waals surface area contributed by atoms with Crippen LogP contribution in [0.4, 0.5) is 4.79 Å². The van der Waals surface area contributed by atoms with Crippen LogP contribution < -0.4 is 5.32 Å². The summed E-state index contributed by atoms with van der Waals surface area (Å²) in [7, 11) is 0. The third-order valence-corrected chi connectivity index (χ3v) is 15.3. The molecule has 1 unspecified atom stereocenters. The highest BCUT2D eigenvalue weighted by Crippen LogP contribution is 2.65. The molecular formula is C53H69NO21. The Morgan fingerprint density at radius 1 is 0.867 bits per heavy atom. The second-order valence-corrected chi connectivity index (χ2v) is 21.7. The molecule has 412 valence electrons. The van der Waals surface area contributed by atoms with Gasteiger partial charge < -0.3 is 78.6 Å². The monoisotopic (exact) mass is 1060 g/mol. The molecule has 2 saturated heterocycles. The van der Waals surface area contributed by atoms with Gasteiger partial charge in [0.05, 0.1) is 37.4 Å². The maximum atomic E-state index is 16.2. The highest BCUT2D eigenvalue weighted by molar-refractivity contribution is 5.95. The minimum Gasteiger partial charge on any atom is -0.459 e. The van der Waals surface area contributed by atoms with E-state index in [9.17, 15) is 54.6 Å². The first-order valence-corrected chi connectivity index (χ1v) is 24.8. The van der Waals surface area contributed by atoms with Crippen LogP contribution in [0.25, 0.3) is 0 Å². The Hall–Kier alpha value is -5.40. The largest absolute Gasteiger partial charge is 0.459 e. The average molecular weight is 1060 g/mol. The van der Waals surface area contributed by atoms with Crippen LogP contribution in [0.15, 0.2) is 71.8 Å². The zero-order chi connectivity index (χ0) is 55.2. The van der Waals surface area contributed by atoms with Crippen molar-refractivity contribution >= 4 is 35.8 Å². The maximum absolute atomic E-state index is 16.2. The van der Waals surface area contributed by atoms with Crippen molar-refractivity contribution in [3.05, 3.63) is 82.9 Å². The summed E-state index contributed by atoms with van der Waals surface area (Å²) in [5, 5.41) is 69.5. The number of alkyl carbamates (subject to hydrolysis) is 1. The van der Waals surface area contributed by atoms with Crippen molar-refractivity contribution in [2.75, 3.05) is 19.8 Å². The van der Waals surface area contributed by atoms with E-state index in [2.05, 4.69) is 5.32 Å². The van der Waals surface area contributed by atoms with Crippen LogP contribution in [0, 0.1) is 16.7 Å². The van der Waals surface area contributed by atoms with E-state index >= 15 is 4.79 Å². The predicted octanol–water partition coefficient (Wildman–Crippen LogP) is 1.56. The highest BCUT2D eigenvalue weighted by atomic mass is 16.7. The Morgan fingerprint density at radius 2 is 1.51 bits per heavy atom. The Morgan fingerprint density at radius 3 is 2.08 bits per heavy atom. The van der Waals surface area contributed by atoms with Crippen LogP contribution >= 0.6 is 0 Å². The van der Waals surface area contributed by atoms with E-state index in [1.807, 2.05) is 0 Å². The lowest BCUT2D eigenvalue weighted by Crippen LogP contribution is -2.82. The van der Waals surface area contributed by atoms with E-state index < -0.39 is 162 Å². The molecule has 7 rings (SSSR count). The number of nitrogens with one attached hydrogen (secondary N) is 1. The standard InChI is InChI=1S/C53H69NO21/c1-26-31(71-46(64)39(60)37(30-18-14-11-15-19-30)54-48(65)75-49(4,5)6)21-53(66)45(67-23-29-16-12-10-13-17-29)43-51(9,44(63)42(70-27(2)56)36(26)50(53,7)8)33(20-34-52(43,25-69-34)74-28(3)57)73-35(58)24-68-47-41(62)40(61)38(59)32(22-55)72-47/h10-19,31-34,37-43,45,47,55,59-62,66H,20-25H2,1-9H3,(H,54,65)/t31-,32+,33-,34+,37-,38-,39+,40-,41+,42+,43-,45-,47?,51+,52-,53+/m0/s1. The van der Waals surface area contributed by atoms with Gasteiger partial charge in [0.2, 0.25) is 0 Å². The molecule has 0 spiro atoms. The fourth-order valence-corrected chi connectivity index (χ4v) is 11.6. The number of hydrogen-bond acceptors (Lipinski definition) is 21. The number of ketones is 1. The lowest BCUT2D eigenvalue weighted by molar-refractivity contribution is -0.352. The maximum Gasteiger partial charge on any atom is 0.408 e. The molecule has 5 aliphatic rings. The lowest BCUT2D eigenvalue weighted by atomic mass is 9.44. The Balaban J connectivity index is 1.36. The normalized spacial score (nSPS) is 34.9. The van der Waals surface area contributed by atoms with Crippen LogP contribution in [0.2, 0.25) is 0 Å². The summed E-state index contributed by atoms with van der Waals surface area (Å²) in [4.78, 5) is 84.7. The van der Waals surface area contributed by atoms with Crippen molar-refractivity contribution in [3.63, 3.8) is 0 Å². The number of carbonyl (C=O) groups excluding carboxylic acids is 6. The van der Waals surface area contributed by atoms with Gasteiger partial charge in [0.1, 0.15) is 60.5 Å². The highest BCUT2D eigenvalue weighted by Gasteiger charge is 2.78. The van der Waals surface area contributed by atoms with Crippen molar-refractivity contribution in [1.82, 2.24) is 5.32 Å². The fourth-order valence-electron chi connectivity index (χ4n) is 11.6. The van der Waals surface area contributed by atoms with E-state index in [4.69, 9.17) is 42.6 Å². The van der Waals surface area contributed by atoms with Crippen LogP contribution in [0.5, 0.6) is 0 Å². The molecule has 4 fully saturated rings. The number of ether oxygens (including phenoxy) is 9. The van der Waals surface area contributed by atoms with Gasteiger partial charge in [-0.1, -0.05) is 74.5 Å². The number of esters is 4. The molecule has 3 aliphatic carbocycles. The van der Waals surface area contributed by atoms with Crippen LogP contribution in [-0.2, 0) is 73.2 Å². The first kappa shape index (κ1) is 57.3. The zero-order valence-corrected chi connectivity index (χ0v) is 43.3. The van der Waals surface area contributed by atoms with Gasteiger partial charge in [-0.05, 0) is 56.9 Å². The summed E-state index contributed by atoms with van der Waals surface area (Å²) in [6.07, 6.45) is -20.4. The Labute approximate surface area is 433 Å². The summed E-state index contributed by atoms with van der Waals surface area (Å²) in [6.45, 7) is 10.8. The predicted molar refractivity (Wildman–Crippen MR) is 256 cm³/mol. The summed E-state index contributed by atoms with van der Waals surface area (Å²) < 4.78 is 53.9. The van der Waals surface area contributed by atoms with E-state index in [-0.39, 0.29) is 30.8 Å². The van der Waals surface area contributed by atoms with Gasteiger partial charge in [0.25, 0.3) is 0 Å². The lowest BCUT2D eigenvalue weighted by Gasteiger charge is -2.68. The van der Waals surface area contributed by atoms with Gasteiger partial charge in [-0.3, -0.25) is 14.4 Å². The minimum absolute atomic E-state index is 0.0345. The fraction of sp³-hybridized carbons (Fsp3) is 0.623. The van der Waals surface area contributed by atoms with Crippen LogP contribution in [0.1, 0.15) is 92.3 Å². The number of rotatable bonds is 15. The van der Waals surface area contributed by atoms with Gasteiger partial charge in [-0.25, -0.2) is 14.4 Å². The van der Waals surface area contributed by atoms with Crippen molar-refractivity contribution < 1.29 is 102 Å². The first-order chi connectivity index (χ1) is 35.1. The van der Waals surface area contributed by atoms with Crippen molar-refractivity contribution in [1.29, 1.82) is 0 Å². The quantitative estimate of drug-likeness (QED) is 0.0756. The van der Waals surface area contributed by atoms with Gasteiger partial charge >= 0.3 is 30.0 Å². The molecule has 0 aromatic heterocycles. The summed E-state index contributed by atoms with van der Waals surface area (Å²) >= 11 is 0. The summed E-state index contributed by atoms with van der Waals surface area (Å²) in [6, 6.07) is 15.4. The van der Waals surface area contributed by atoms with Gasteiger partial charge in [0.15, 0.2) is 29.9 Å². The number of carbonyl (C=O) groups is 6. The van der Waals surface area contributed by atoms with Crippen molar-refractivity contribution in [2.45, 2.75) is 172 Å². The van der Waals surface area contributed by atoms with E-state index in [0.717, 1.165) is 13.8 Å². The molecular weight excluding hydrogens is 987 g/mol. The average Bonchev–Trinajstić information content (AvgIpc) is 3.33. The van der Waals surface area contributed by atoms with E-state index in [1.165, 1.54) is 13.8 Å². The SMILES string of the molecule is CC(=O)O[C@H]1C(=O)[C@]2(C)[C@@H](OC(=O)COC3O[C@H](CO)[C@H](O)[C@H](O)[C@H]3O)C[C@H]3OC[C@@]3(OC(C)=O)[C@H]2[C@H](OCc2ccccc2)[C@]2(O)C[C@H](OC(=O)[C@H](O)[C@@H](NC(=O)OC(C)(C)C)c3ccccc3)C(C)=C1C2(C)C. The molecule has 2 aliphatic heterocycles. The molecule has 0 radical (unpaired) electrons. The number of amides is 1. The van der Waals surface area contributed by atoms with Gasteiger partial charge in [-0.15, -0.1) is 0 Å². The smallest absolute Gasteiger partial charge is 0.408 e. The molecule has 2 aromatic carbocycles. The number of hydrogen-bond donors (Lipinski definition) is 7. The number of benzene rings is 2. The van der Waals surface area contributed by atoms with Gasteiger partial charge in [-0.2, -0.15) is 0 Å². The van der Waals surface area contributed by atoms with Gasteiger partial charge in [0, 0.05) is 38.0 Å². The number of aliphatic hydroxyl groups excluding tert-OH is 5. The molecule has 22 nitrogen and oxygen atoms in total. The molecule has 2 saturated carbocycles. The topological polar surface area (TPSA) is 319 Å². The first-order valence-electron chi connectivity index (χ1n) is 24.8. The molecule has 75 heavy (non-hydrogen) atoms. The van der Waals surface area contributed by atoms with Crippen molar-refractivity contribution in [2.24, 2.45) is 16.7 Å². The second-order valence-electron chi connectivity index (χ2n) is 21.7. The van der Waals surface area contributed by atoms with E-state index in [0.29, 0.717) is 11.1 Å². The number of fused-ring (bicyclic) bond motifs is 5. The summed E-state index contributed by atoms with van der Waals surface area (Å²) in [5.41, 5.74) is -8.00. The van der Waals surface area contributed by atoms with E-state index in [1.54, 1.807) is 95.3 Å². The molecule has 1 amide bonds. The Bertz CT molecular complexity index is 2480. The van der Waals surface area contributed by atoms with Crippen LogP contribution in [0.3, 0.4) is 0 Å². The molecule has 2 bridgehead atoms. The second kappa shape index (κ2) is 21.9. The molecule has 2 aromatic rings. The minimum atomic E-state index is -2.35. The van der Waals surface area contributed by atoms with Crippen molar-refractivity contribution in [3.8, 4) is 0 Å². The number of aliphatic hydroxyl groups is 6. The van der Waals surface area contributed by atoms with Crippen LogP contribution in [-0.4, -0.2) is 170 Å². The third-order valence-electron chi connectivity index (χ3n) is 15.3.